The molecule has 1 aromatic heterocycles. The Bertz CT molecular complexity index is 864. The van der Waals surface area contributed by atoms with Crippen LogP contribution in [0.5, 0.6) is 11.6 Å². The molecule has 0 aliphatic carbocycles. The average molecular weight is 401 g/mol. The van der Waals surface area contributed by atoms with Gasteiger partial charge in [0.15, 0.2) is 0 Å². The maximum atomic E-state index is 13.9. The van der Waals surface area contributed by atoms with Gasteiger partial charge in [-0.1, -0.05) is 20.8 Å². The van der Waals surface area contributed by atoms with E-state index in [-0.39, 0.29) is 29.0 Å². The van der Waals surface area contributed by atoms with Gasteiger partial charge in [0, 0.05) is 17.5 Å². The van der Waals surface area contributed by atoms with E-state index in [1.807, 2.05) is 20.8 Å². The highest BCUT2D eigenvalue weighted by molar-refractivity contribution is 5.96. The maximum absolute atomic E-state index is 13.9. The van der Waals surface area contributed by atoms with Crippen molar-refractivity contribution in [2.45, 2.75) is 39.1 Å². The smallest absolute Gasteiger partial charge is 0.479 e. The number of carbonyl (C=O) groups excluding carboxylic acids is 1. The molecule has 10 heteroatoms. The molecule has 0 saturated heterocycles. The second-order valence-corrected chi connectivity index (χ2v) is 6.89. The van der Waals surface area contributed by atoms with Crippen LogP contribution in [0.1, 0.15) is 42.4 Å². The zero-order valence-corrected chi connectivity index (χ0v) is 15.6. The number of alkyl halides is 3. The zero-order chi connectivity index (χ0) is 21.1. The fourth-order valence-corrected chi connectivity index (χ4v) is 2.21. The van der Waals surface area contributed by atoms with E-state index in [0.29, 0.717) is 5.69 Å². The van der Waals surface area contributed by atoms with Crippen LogP contribution in [-0.4, -0.2) is 29.6 Å². The van der Waals surface area contributed by atoms with Crippen molar-refractivity contribution in [1.29, 1.82) is 0 Å². The van der Waals surface area contributed by atoms with Crippen molar-refractivity contribution in [2.24, 2.45) is 0 Å². The van der Waals surface area contributed by atoms with E-state index < -0.39 is 23.8 Å². The maximum Gasteiger partial charge on any atom is 0.573 e. The SMILES string of the molecule is COc1nnc(C(C)(C)C)cc1C(=O)NCc1cc(OC(F)(F)F)ccc1F. The van der Waals surface area contributed by atoms with Crippen LogP contribution in [0.2, 0.25) is 0 Å². The highest BCUT2D eigenvalue weighted by Gasteiger charge is 2.31. The summed E-state index contributed by atoms with van der Waals surface area (Å²) in [6.07, 6.45) is -4.90. The van der Waals surface area contributed by atoms with E-state index in [4.69, 9.17) is 4.74 Å². The number of carbonyl (C=O) groups is 1. The van der Waals surface area contributed by atoms with Crippen LogP contribution in [0.3, 0.4) is 0 Å². The first-order chi connectivity index (χ1) is 12.9. The lowest BCUT2D eigenvalue weighted by Crippen LogP contribution is -2.26. The van der Waals surface area contributed by atoms with Crippen LogP contribution in [0, 0.1) is 5.82 Å². The van der Waals surface area contributed by atoms with Crippen LogP contribution in [0.15, 0.2) is 24.3 Å². The number of nitrogens with zero attached hydrogens (tertiary/aromatic N) is 2. The van der Waals surface area contributed by atoms with Gasteiger partial charge in [0.25, 0.3) is 5.91 Å². The van der Waals surface area contributed by atoms with Crippen LogP contribution in [0.25, 0.3) is 0 Å². The van der Waals surface area contributed by atoms with E-state index in [2.05, 4.69) is 20.3 Å². The second kappa shape index (κ2) is 7.99. The van der Waals surface area contributed by atoms with Gasteiger partial charge in [0.05, 0.1) is 12.8 Å². The monoisotopic (exact) mass is 401 g/mol. The van der Waals surface area contributed by atoms with Gasteiger partial charge in [-0.25, -0.2) is 4.39 Å². The Hall–Kier alpha value is -2.91. The summed E-state index contributed by atoms with van der Waals surface area (Å²) in [6, 6.07) is 4.04. The molecule has 1 aromatic carbocycles. The molecule has 2 rings (SSSR count). The summed E-state index contributed by atoms with van der Waals surface area (Å²) in [7, 11) is 1.31. The molecular formula is C18H19F4N3O3. The molecule has 6 nitrogen and oxygen atoms in total. The van der Waals surface area contributed by atoms with Gasteiger partial charge in [0.2, 0.25) is 5.88 Å². The molecule has 1 N–H and O–H groups in total. The minimum atomic E-state index is -4.90. The van der Waals surface area contributed by atoms with Crippen LogP contribution >= 0.6 is 0 Å². The van der Waals surface area contributed by atoms with Gasteiger partial charge >= 0.3 is 6.36 Å². The topological polar surface area (TPSA) is 73.3 Å². The number of nitrogens with one attached hydrogen (secondary N) is 1. The largest absolute Gasteiger partial charge is 0.573 e. The summed E-state index contributed by atoms with van der Waals surface area (Å²) in [6.45, 7) is 5.28. The number of aromatic nitrogens is 2. The summed E-state index contributed by atoms with van der Waals surface area (Å²) in [5.41, 5.74) is 0.0480. The first kappa shape index (κ1) is 21.4. The minimum absolute atomic E-state index is 0.0277. The molecule has 0 fully saturated rings. The van der Waals surface area contributed by atoms with Crippen molar-refractivity contribution >= 4 is 5.91 Å². The molecule has 0 aliphatic rings. The highest BCUT2D eigenvalue weighted by Crippen LogP contribution is 2.26. The number of ether oxygens (including phenoxy) is 2. The number of hydrogen-bond acceptors (Lipinski definition) is 5. The molecule has 0 unspecified atom stereocenters. The Labute approximate surface area is 158 Å². The first-order valence-electron chi connectivity index (χ1n) is 8.15. The molecule has 0 aliphatic heterocycles. The summed E-state index contributed by atoms with van der Waals surface area (Å²) in [5.74, 6) is -2.04. The Morgan fingerprint density at radius 1 is 1.14 bits per heavy atom. The standard InChI is InChI=1S/C18H19F4N3O3/c1-17(2,3)14-8-12(16(27-4)25-24-14)15(26)23-9-10-7-11(5-6-13(10)19)28-18(20,21)22/h5-8H,9H2,1-4H3,(H,23,26). The first-order valence-corrected chi connectivity index (χ1v) is 8.15. The van der Waals surface area contributed by atoms with E-state index >= 15 is 0 Å². The number of hydrogen-bond donors (Lipinski definition) is 1. The molecule has 0 radical (unpaired) electrons. The Morgan fingerprint density at radius 3 is 2.39 bits per heavy atom. The summed E-state index contributed by atoms with van der Waals surface area (Å²) in [4.78, 5) is 12.5. The molecule has 0 atom stereocenters. The molecule has 0 saturated carbocycles. The fraction of sp³-hybridized carbons (Fsp3) is 0.389. The van der Waals surface area contributed by atoms with Gasteiger partial charge in [-0.05, 0) is 24.3 Å². The molecule has 2 aromatic rings. The third-order valence-corrected chi connectivity index (χ3v) is 3.66. The number of methoxy groups -OCH3 is 1. The summed E-state index contributed by atoms with van der Waals surface area (Å²) < 4.78 is 59.6. The molecular weight excluding hydrogens is 382 g/mol. The van der Waals surface area contributed by atoms with Crippen LogP contribution < -0.4 is 14.8 Å². The minimum Gasteiger partial charge on any atom is -0.479 e. The van der Waals surface area contributed by atoms with E-state index in [1.54, 1.807) is 0 Å². The predicted molar refractivity (Wildman–Crippen MR) is 91.5 cm³/mol. The van der Waals surface area contributed by atoms with E-state index in [1.165, 1.54) is 13.2 Å². The lowest BCUT2D eigenvalue weighted by Gasteiger charge is -2.18. The fourth-order valence-electron chi connectivity index (χ4n) is 2.21. The molecule has 1 amide bonds. The summed E-state index contributed by atoms with van der Waals surface area (Å²) >= 11 is 0. The third-order valence-electron chi connectivity index (χ3n) is 3.66. The number of halogens is 4. The van der Waals surface area contributed by atoms with Gasteiger partial charge in [0.1, 0.15) is 17.1 Å². The molecule has 0 spiro atoms. The van der Waals surface area contributed by atoms with Gasteiger partial charge < -0.3 is 14.8 Å². The van der Waals surface area contributed by atoms with Crippen molar-refractivity contribution in [3.8, 4) is 11.6 Å². The Kier molecular flexibility index (Phi) is 6.10. The van der Waals surface area contributed by atoms with Crippen molar-refractivity contribution < 1.29 is 31.8 Å². The average Bonchev–Trinajstić information content (AvgIpc) is 2.59. The normalized spacial score (nSPS) is 11.9. The zero-order valence-electron chi connectivity index (χ0n) is 15.6. The number of benzene rings is 1. The van der Waals surface area contributed by atoms with Crippen LogP contribution in [-0.2, 0) is 12.0 Å². The Balaban J connectivity index is 2.21. The van der Waals surface area contributed by atoms with Gasteiger partial charge in [-0.2, -0.15) is 5.10 Å². The van der Waals surface area contributed by atoms with Crippen molar-refractivity contribution in [2.75, 3.05) is 7.11 Å². The van der Waals surface area contributed by atoms with E-state index in [9.17, 15) is 22.4 Å². The summed E-state index contributed by atoms with van der Waals surface area (Å²) in [5, 5.41) is 10.3. The lowest BCUT2D eigenvalue weighted by atomic mass is 9.91. The quantitative estimate of drug-likeness (QED) is 0.773. The van der Waals surface area contributed by atoms with Crippen molar-refractivity contribution in [1.82, 2.24) is 15.5 Å². The lowest BCUT2D eigenvalue weighted by molar-refractivity contribution is -0.274. The third kappa shape index (κ3) is 5.54. The Morgan fingerprint density at radius 2 is 1.82 bits per heavy atom. The molecule has 28 heavy (non-hydrogen) atoms. The van der Waals surface area contributed by atoms with Crippen molar-refractivity contribution in [3.05, 3.63) is 46.9 Å². The second-order valence-electron chi connectivity index (χ2n) is 6.89. The number of rotatable bonds is 5. The van der Waals surface area contributed by atoms with Crippen LogP contribution in [0.4, 0.5) is 17.6 Å². The van der Waals surface area contributed by atoms with Gasteiger partial charge in [-0.15, -0.1) is 18.3 Å². The molecule has 0 bridgehead atoms. The molecule has 152 valence electrons. The predicted octanol–water partition coefficient (Wildman–Crippen LogP) is 3.75. The van der Waals surface area contributed by atoms with Gasteiger partial charge in [-0.3, -0.25) is 4.79 Å². The molecule has 1 heterocycles. The number of amides is 1. The highest BCUT2D eigenvalue weighted by atomic mass is 19.4. The van der Waals surface area contributed by atoms with E-state index in [0.717, 1.165) is 18.2 Å². The van der Waals surface area contributed by atoms with Crippen molar-refractivity contribution in [3.63, 3.8) is 0 Å².